The number of hydrogen-bond donors (Lipinski definition) is 1. The SMILES string of the molecule is CN(CC1(C)CCNC1)C1CCN(Cc2ccccc2)CC1.Cl. The van der Waals surface area contributed by atoms with Crippen molar-refractivity contribution in [3.05, 3.63) is 35.9 Å². The van der Waals surface area contributed by atoms with Crippen molar-refractivity contribution in [2.24, 2.45) is 5.41 Å². The predicted octanol–water partition coefficient (Wildman–Crippen LogP) is 3.00. The van der Waals surface area contributed by atoms with Gasteiger partial charge in [-0.2, -0.15) is 0 Å². The second-order valence-electron chi connectivity index (χ2n) is 7.65. The molecule has 2 aliphatic rings. The Balaban J connectivity index is 0.00000192. The average molecular weight is 338 g/mol. The molecule has 0 amide bonds. The molecule has 0 aromatic heterocycles. The zero-order valence-electron chi connectivity index (χ0n) is 14.6. The summed E-state index contributed by atoms with van der Waals surface area (Å²) in [5.41, 5.74) is 1.93. The third-order valence-electron chi connectivity index (χ3n) is 5.52. The average Bonchev–Trinajstić information content (AvgIpc) is 2.95. The molecule has 0 radical (unpaired) electrons. The van der Waals surface area contributed by atoms with Crippen LogP contribution < -0.4 is 5.32 Å². The molecule has 1 atom stereocenters. The van der Waals surface area contributed by atoms with Crippen LogP contribution in [0.5, 0.6) is 0 Å². The summed E-state index contributed by atoms with van der Waals surface area (Å²) in [6, 6.07) is 11.6. The second kappa shape index (κ2) is 8.48. The van der Waals surface area contributed by atoms with E-state index in [1.807, 2.05) is 0 Å². The molecule has 3 rings (SSSR count). The first-order valence-electron chi connectivity index (χ1n) is 8.82. The van der Waals surface area contributed by atoms with Crippen molar-refractivity contribution in [1.29, 1.82) is 0 Å². The van der Waals surface area contributed by atoms with E-state index in [2.05, 4.69) is 59.4 Å². The lowest BCUT2D eigenvalue weighted by Crippen LogP contribution is -2.46. The van der Waals surface area contributed by atoms with Gasteiger partial charge in [0, 0.05) is 25.7 Å². The van der Waals surface area contributed by atoms with Gasteiger partial charge in [-0.3, -0.25) is 4.90 Å². The summed E-state index contributed by atoms with van der Waals surface area (Å²) in [5.74, 6) is 0. The van der Waals surface area contributed by atoms with Gasteiger partial charge in [-0.15, -0.1) is 12.4 Å². The maximum atomic E-state index is 3.52. The van der Waals surface area contributed by atoms with Crippen molar-refractivity contribution in [1.82, 2.24) is 15.1 Å². The molecule has 0 aliphatic carbocycles. The van der Waals surface area contributed by atoms with Crippen LogP contribution in [0.3, 0.4) is 0 Å². The second-order valence-corrected chi connectivity index (χ2v) is 7.65. The Labute approximate surface area is 147 Å². The van der Waals surface area contributed by atoms with Gasteiger partial charge in [0.15, 0.2) is 0 Å². The smallest absolute Gasteiger partial charge is 0.0233 e. The van der Waals surface area contributed by atoms with E-state index in [-0.39, 0.29) is 12.4 Å². The molecular formula is C19H32ClN3. The fourth-order valence-electron chi connectivity index (χ4n) is 4.09. The summed E-state index contributed by atoms with van der Waals surface area (Å²) >= 11 is 0. The van der Waals surface area contributed by atoms with Gasteiger partial charge in [0.1, 0.15) is 0 Å². The van der Waals surface area contributed by atoms with Gasteiger partial charge in [0.2, 0.25) is 0 Å². The molecule has 2 aliphatic heterocycles. The predicted molar refractivity (Wildman–Crippen MR) is 100 cm³/mol. The highest BCUT2D eigenvalue weighted by Gasteiger charge is 2.32. The number of halogens is 1. The zero-order valence-corrected chi connectivity index (χ0v) is 15.4. The maximum Gasteiger partial charge on any atom is 0.0233 e. The highest BCUT2D eigenvalue weighted by Crippen LogP contribution is 2.27. The lowest BCUT2D eigenvalue weighted by molar-refractivity contribution is 0.0941. The van der Waals surface area contributed by atoms with Crippen LogP contribution in [-0.4, -0.2) is 55.6 Å². The first-order chi connectivity index (χ1) is 10.6. The fraction of sp³-hybridized carbons (Fsp3) is 0.684. The topological polar surface area (TPSA) is 18.5 Å². The number of piperidine rings is 1. The monoisotopic (exact) mass is 337 g/mol. The molecule has 1 aromatic carbocycles. The highest BCUT2D eigenvalue weighted by atomic mass is 35.5. The van der Waals surface area contributed by atoms with Crippen LogP contribution in [0, 0.1) is 5.41 Å². The molecule has 1 unspecified atom stereocenters. The zero-order chi connectivity index (χ0) is 15.4. The molecular weight excluding hydrogens is 306 g/mol. The van der Waals surface area contributed by atoms with Gasteiger partial charge < -0.3 is 10.2 Å². The van der Waals surface area contributed by atoms with Gasteiger partial charge in [-0.25, -0.2) is 0 Å². The number of nitrogens with one attached hydrogen (secondary N) is 1. The normalized spacial score (nSPS) is 26.4. The molecule has 4 heteroatoms. The van der Waals surface area contributed by atoms with Crippen LogP contribution in [0.4, 0.5) is 0 Å². The maximum absolute atomic E-state index is 3.52. The minimum atomic E-state index is 0. The van der Waals surface area contributed by atoms with E-state index >= 15 is 0 Å². The van der Waals surface area contributed by atoms with Crippen LogP contribution >= 0.6 is 12.4 Å². The van der Waals surface area contributed by atoms with E-state index in [1.54, 1.807) is 0 Å². The lowest BCUT2D eigenvalue weighted by Gasteiger charge is -2.39. The van der Waals surface area contributed by atoms with E-state index in [0.29, 0.717) is 5.41 Å². The third kappa shape index (κ3) is 5.18. The van der Waals surface area contributed by atoms with Crippen molar-refractivity contribution in [2.75, 3.05) is 39.8 Å². The fourth-order valence-corrected chi connectivity index (χ4v) is 4.09. The van der Waals surface area contributed by atoms with Crippen molar-refractivity contribution in [2.45, 2.75) is 38.8 Å². The summed E-state index contributed by atoms with van der Waals surface area (Å²) in [7, 11) is 2.33. The molecule has 1 aromatic rings. The molecule has 1 N–H and O–H groups in total. The van der Waals surface area contributed by atoms with E-state index < -0.39 is 0 Å². The van der Waals surface area contributed by atoms with Crippen molar-refractivity contribution in [3.8, 4) is 0 Å². The molecule has 2 fully saturated rings. The number of nitrogens with zero attached hydrogens (tertiary/aromatic N) is 2. The Bertz CT molecular complexity index is 451. The Morgan fingerprint density at radius 1 is 1.22 bits per heavy atom. The largest absolute Gasteiger partial charge is 0.316 e. The number of benzene rings is 1. The molecule has 0 bridgehead atoms. The minimum Gasteiger partial charge on any atom is -0.316 e. The van der Waals surface area contributed by atoms with Gasteiger partial charge in [-0.1, -0.05) is 37.3 Å². The van der Waals surface area contributed by atoms with E-state index in [9.17, 15) is 0 Å². The molecule has 2 heterocycles. The molecule has 3 nitrogen and oxygen atoms in total. The summed E-state index contributed by atoms with van der Waals surface area (Å²) in [6.07, 6.45) is 3.95. The molecule has 2 saturated heterocycles. The summed E-state index contributed by atoms with van der Waals surface area (Å²) in [6.45, 7) is 9.64. The van der Waals surface area contributed by atoms with Crippen molar-refractivity contribution < 1.29 is 0 Å². The van der Waals surface area contributed by atoms with Gasteiger partial charge in [0.25, 0.3) is 0 Å². The highest BCUT2D eigenvalue weighted by molar-refractivity contribution is 5.85. The van der Waals surface area contributed by atoms with E-state index in [4.69, 9.17) is 0 Å². The Morgan fingerprint density at radius 3 is 2.52 bits per heavy atom. The summed E-state index contributed by atoms with van der Waals surface area (Å²) in [5, 5.41) is 3.52. The first-order valence-corrected chi connectivity index (χ1v) is 8.82. The minimum absolute atomic E-state index is 0. The molecule has 23 heavy (non-hydrogen) atoms. The van der Waals surface area contributed by atoms with E-state index in [0.717, 1.165) is 12.6 Å². The van der Waals surface area contributed by atoms with Crippen LogP contribution in [-0.2, 0) is 6.54 Å². The van der Waals surface area contributed by atoms with Crippen molar-refractivity contribution >= 4 is 12.4 Å². The third-order valence-corrected chi connectivity index (χ3v) is 5.52. The van der Waals surface area contributed by atoms with Crippen molar-refractivity contribution in [3.63, 3.8) is 0 Å². The summed E-state index contributed by atoms with van der Waals surface area (Å²) in [4.78, 5) is 5.24. The Hall–Kier alpha value is -0.610. The quantitative estimate of drug-likeness (QED) is 0.891. The Kier molecular flexibility index (Phi) is 6.90. The number of likely N-dealkylation sites (tertiary alicyclic amines) is 1. The van der Waals surface area contributed by atoms with Gasteiger partial charge in [0.05, 0.1) is 0 Å². The van der Waals surface area contributed by atoms with Crippen LogP contribution in [0.15, 0.2) is 30.3 Å². The number of rotatable bonds is 5. The lowest BCUT2D eigenvalue weighted by atomic mass is 9.88. The molecule has 0 spiro atoms. The molecule has 0 saturated carbocycles. The number of hydrogen-bond acceptors (Lipinski definition) is 3. The summed E-state index contributed by atoms with van der Waals surface area (Å²) < 4.78 is 0. The van der Waals surface area contributed by atoms with E-state index in [1.165, 1.54) is 57.5 Å². The standard InChI is InChI=1S/C19H31N3.ClH/c1-19(10-11-20-15-19)16-21(2)18-8-12-22(13-9-18)14-17-6-4-3-5-7-17;/h3-7,18,20H,8-16H2,1-2H3;1H. The van der Waals surface area contributed by atoms with Crippen LogP contribution in [0.2, 0.25) is 0 Å². The first kappa shape index (κ1) is 18.7. The van der Waals surface area contributed by atoms with Crippen LogP contribution in [0.1, 0.15) is 31.7 Å². The van der Waals surface area contributed by atoms with Crippen LogP contribution in [0.25, 0.3) is 0 Å². The van der Waals surface area contributed by atoms with Gasteiger partial charge >= 0.3 is 0 Å². The van der Waals surface area contributed by atoms with Gasteiger partial charge in [-0.05, 0) is 56.9 Å². The Morgan fingerprint density at radius 2 is 1.91 bits per heavy atom. The molecule has 130 valence electrons.